The van der Waals surface area contributed by atoms with E-state index in [-0.39, 0.29) is 5.69 Å². The summed E-state index contributed by atoms with van der Waals surface area (Å²) in [5, 5.41) is 19.0. The fourth-order valence-electron chi connectivity index (χ4n) is 2.40. The van der Waals surface area contributed by atoms with Crippen LogP contribution in [0, 0.1) is 0 Å². The highest BCUT2D eigenvalue weighted by Gasteiger charge is 2.28. The molecule has 0 atom stereocenters. The molecule has 5 heteroatoms. The monoisotopic (exact) mass is 224 g/mol. The van der Waals surface area contributed by atoms with Gasteiger partial charge in [0.15, 0.2) is 5.69 Å². The van der Waals surface area contributed by atoms with Crippen LogP contribution in [0.1, 0.15) is 34.2 Å². The Morgan fingerprint density at radius 3 is 2.75 bits per heavy atom. The van der Waals surface area contributed by atoms with E-state index in [1.807, 2.05) is 14.0 Å². The summed E-state index contributed by atoms with van der Waals surface area (Å²) in [6, 6.07) is 0. The second-order valence-corrected chi connectivity index (χ2v) is 4.21. The Morgan fingerprint density at radius 1 is 1.50 bits per heavy atom. The number of fused-ring (bicyclic) bond motifs is 1. The minimum atomic E-state index is -1.06. The zero-order chi connectivity index (χ0) is 11.9. The Morgan fingerprint density at radius 2 is 2.19 bits per heavy atom. The van der Waals surface area contributed by atoms with Crippen LogP contribution in [-0.4, -0.2) is 39.5 Å². The number of aromatic carboxylic acids is 1. The summed E-state index contributed by atoms with van der Waals surface area (Å²) in [5.74, 6) is -1.06. The number of carboxylic acids is 1. The van der Waals surface area contributed by atoms with Crippen molar-refractivity contribution >= 4 is 5.97 Å². The highest BCUT2D eigenvalue weighted by Crippen LogP contribution is 2.27. The van der Waals surface area contributed by atoms with Crippen LogP contribution in [-0.2, 0) is 19.4 Å². The number of rotatable bonds is 2. The SMILES string of the molecule is CCc1c2c(n(O)c1C(=O)O)CCN(C)C2. The Bertz CT molecular complexity index is 437. The number of hydrogen-bond donors (Lipinski definition) is 2. The molecule has 0 amide bonds. The van der Waals surface area contributed by atoms with Crippen molar-refractivity contribution in [1.29, 1.82) is 0 Å². The number of hydrogen-bond acceptors (Lipinski definition) is 3. The first-order valence-electron chi connectivity index (χ1n) is 5.42. The minimum Gasteiger partial charge on any atom is -0.476 e. The average molecular weight is 224 g/mol. The van der Waals surface area contributed by atoms with Gasteiger partial charge in [0.05, 0.1) is 5.69 Å². The first-order valence-corrected chi connectivity index (χ1v) is 5.42. The third-order valence-corrected chi connectivity index (χ3v) is 3.18. The summed E-state index contributed by atoms with van der Waals surface area (Å²) in [4.78, 5) is 13.2. The average Bonchev–Trinajstić information content (AvgIpc) is 2.50. The topological polar surface area (TPSA) is 65.7 Å². The van der Waals surface area contributed by atoms with E-state index in [1.54, 1.807) is 0 Å². The Kier molecular flexibility index (Phi) is 2.63. The first-order chi connectivity index (χ1) is 7.56. The first kappa shape index (κ1) is 11.0. The van der Waals surface area contributed by atoms with Crippen LogP contribution in [0.5, 0.6) is 0 Å². The van der Waals surface area contributed by atoms with Gasteiger partial charge in [-0.05, 0) is 24.6 Å². The number of carbonyl (C=O) groups is 1. The Labute approximate surface area is 93.9 Å². The third kappa shape index (κ3) is 1.48. The molecule has 2 N–H and O–H groups in total. The van der Waals surface area contributed by atoms with Crippen LogP contribution < -0.4 is 0 Å². The molecule has 0 aromatic carbocycles. The fourth-order valence-corrected chi connectivity index (χ4v) is 2.40. The minimum absolute atomic E-state index is 0.0304. The van der Waals surface area contributed by atoms with E-state index in [0.29, 0.717) is 19.4 Å². The van der Waals surface area contributed by atoms with Crippen LogP contribution in [0.25, 0.3) is 0 Å². The van der Waals surface area contributed by atoms with Gasteiger partial charge in [-0.25, -0.2) is 4.79 Å². The molecule has 0 saturated heterocycles. The molecule has 2 rings (SSSR count). The number of carboxylic acid groups (broad SMARTS) is 1. The van der Waals surface area contributed by atoms with Crippen molar-refractivity contribution in [3.05, 3.63) is 22.5 Å². The summed E-state index contributed by atoms with van der Waals surface area (Å²) in [6.45, 7) is 3.47. The van der Waals surface area contributed by atoms with Crippen molar-refractivity contribution in [3.63, 3.8) is 0 Å². The maximum atomic E-state index is 11.1. The smallest absolute Gasteiger partial charge is 0.356 e. The van der Waals surface area contributed by atoms with Gasteiger partial charge >= 0.3 is 5.97 Å². The predicted octanol–water partition coefficient (Wildman–Crippen LogP) is 0.974. The molecule has 16 heavy (non-hydrogen) atoms. The summed E-state index contributed by atoms with van der Waals surface area (Å²) >= 11 is 0. The molecule has 1 aliphatic rings. The van der Waals surface area contributed by atoms with Crippen molar-refractivity contribution < 1.29 is 15.1 Å². The van der Waals surface area contributed by atoms with Crippen molar-refractivity contribution in [2.24, 2.45) is 0 Å². The zero-order valence-electron chi connectivity index (χ0n) is 9.53. The molecular weight excluding hydrogens is 208 g/mol. The van der Waals surface area contributed by atoms with Gasteiger partial charge in [0.25, 0.3) is 0 Å². The van der Waals surface area contributed by atoms with Crippen LogP contribution in [0.3, 0.4) is 0 Å². The highest BCUT2D eigenvalue weighted by molar-refractivity contribution is 5.88. The van der Waals surface area contributed by atoms with Crippen molar-refractivity contribution in [2.75, 3.05) is 13.6 Å². The fraction of sp³-hybridized carbons (Fsp3) is 0.545. The lowest BCUT2D eigenvalue weighted by Gasteiger charge is -2.23. The van der Waals surface area contributed by atoms with E-state index in [2.05, 4.69) is 4.90 Å². The molecule has 0 fully saturated rings. The van der Waals surface area contributed by atoms with Crippen molar-refractivity contribution in [3.8, 4) is 0 Å². The van der Waals surface area contributed by atoms with Crippen molar-refractivity contribution in [2.45, 2.75) is 26.3 Å². The summed E-state index contributed by atoms with van der Waals surface area (Å²) in [5.41, 5.74) is 2.53. The lowest BCUT2D eigenvalue weighted by Crippen LogP contribution is -2.27. The molecule has 2 heterocycles. The van der Waals surface area contributed by atoms with Gasteiger partial charge in [-0.3, -0.25) is 0 Å². The van der Waals surface area contributed by atoms with Gasteiger partial charge < -0.3 is 15.2 Å². The second kappa shape index (κ2) is 3.83. The maximum absolute atomic E-state index is 11.1. The van der Waals surface area contributed by atoms with Gasteiger partial charge in [0.2, 0.25) is 0 Å². The third-order valence-electron chi connectivity index (χ3n) is 3.18. The highest BCUT2D eigenvalue weighted by atomic mass is 16.5. The largest absolute Gasteiger partial charge is 0.476 e. The molecule has 0 unspecified atom stereocenters. The normalized spacial score (nSPS) is 16.1. The molecule has 88 valence electrons. The molecule has 1 aromatic rings. The van der Waals surface area contributed by atoms with E-state index >= 15 is 0 Å². The standard InChI is InChI=1S/C11H16N2O3/c1-3-7-8-6-12(2)5-4-9(8)13(16)10(7)11(14)15/h16H,3-6H2,1-2H3,(H,14,15). The molecular formula is C11H16N2O3. The van der Waals surface area contributed by atoms with Crippen LogP contribution in [0.15, 0.2) is 0 Å². The zero-order valence-corrected chi connectivity index (χ0v) is 9.53. The summed E-state index contributed by atoms with van der Waals surface area (Å²) < 4.78 is 0.865. The maximum Gasteiger partial charge on any atom is 0.356 e. The molecule has 0 aliphatic carbocycles. The molecule has 0 saturated carbocycles. The quantitative estimate of drug-likeness (QED) is 0.735. The summed E-state index contributed by atoms with van der Waals surface area (Å²) in [6.07, 6.45) is 1.33. The van der Waals surface area contributed by atoms with Gasteiger partial charge in [-0.2, -0.15) is 4.73 Å². The van der Waals surface area contributed by atoms with E-state index < -0.39 is 5.97 Å². The van der Waals surface area contributed by atoms with Gasteiger partial charge in [-0.1, -0.05) is 6.92 Å². The van der Waals surface area contributed by atoms with E-state index in [9.17, 15) is 10.0 Å². The Hall–Kier alpha value is -1.49. The molecule has 5 nitrogen and oxygen atoms in total. The molecule has 0 spiro atoms. The van der Waals surface area contributed by atoms with Crippen LogP contribution >= 0.6 is 0 Å². The van der Waals surface area contributed by atoms with Gasteiger partial charge in [0.1, 0.15) is 0 Å². The van der Waals surface area contributed by atoms with Gasteiger partial charge in [0, 0.05) is 19.5 Å². The number of nitrogens with zero attached hydrogens (tertiary/aromatic N) is 2. The Balaban J connectivity index is 2.61. The van der Waals surface area contributed by atoms with E-state index in [4.69, 9.17) is 5.11 Å². The lowest BCUT2D eigenvalue weighted by molar-refractivity contribution is 0.0637. The van der Waals surface area contributed by atoms with Gasteiger partial charge in [-0.15, -0.1) is 0 Å². The summed E-state index contributed by atoms with van der Waals surface area (Å²) in [7, 11) is 2.00. The predicted molar refractivity (Wildman–Crippen MR) is 58.0 cm³/mol. The molecule has 1 aromatic heterocycles. The lowest BCUT2D eigenvalue weighted by atomic mass is 10.0. The van der Waals surface area contributed by atoms with E-state index in [0.717, 1.165) is 28.1 Å². The van der Waals surface area contributed by atoms with E-state index in [1.165, 1.54) is 0 Å². The number of likely N-dealkylation sites (N-methyl/N-ethyl adjacent to an activating group) is 1. The number of aromatic nitrogens is 1. The molecule has 0 bridgehead atoms. The second-order valence-electron chi connectivity index (χ2n) is 4.21. The molecule has 0 radical (unpaired) electrons. The molecule has 1 aliphatic heterocycles. The van der Waals surface area contributed by atoms with Crippen LogP contribution in [0.4, 0.5) is 0 Å². The van der Waals surface area contributed by atoms with Crippen molar-refractivity contribution in [1.82, 2.24) is 9.63 Å². The van der Waals surface area contributed by atoms with Crippen LogP contribution in [0.2, 0.25) is 0 Å².